The molecule has 0 aromatic heterocycles. The number of rotatable bonds is 3. The standard InChI is InChI=1S/C11H10BrF2NO3S/c12-8-1-2-10(9(13)4-8)15-5-7(3-11(15)16)6-19(14,17)18/h1-2,4,7H,3,5-6H2. The van der Waals surface area contributed by atoms with Crippen LogP contribution in [0.3, 0.4) is 0 Å². The Morgan fingerprint density at radius 3 is 2.68 bits per heavy atom. The molecule has 0 saturated carbocycles. The van der Waals surface area contributed by atoms with Crippen LogP contribution in [0.4, 0.5) is 14.0 Å². The van der Waals surface area contributed by atoms with Gasteiger partial charge in [0.2, 0.25) is 5.91 Å². The SMILES string of the molecule is O=C1CC(CS(=O)(=O)F)CN1c1ccc(Br)cc1F. The van der Waals surface area contributed by atoms with Gasteiger partial charge in [-0.15, -0.1) is 3.89 Å². The Bertz CT molecular complexity index is 620. The Labute approximate surface area is 117 Å². The van der Waals surface area contributed by atoms with Crippen LogP contribution in [0.15, 0.2) is 22.7 Å². The molecule has 1 aromatic carbocycles. The van der Waals surface area contributed by atoms with Crippen molar-refractivity contribution in [3.8, 4) is 0 Å². The fourth-order valence-corrected chi connectivity index (χ4v) is 3.23. The van der Waals surface area contributed by atoms with E-state index in [1.54, 1.807) is 6.07 Å². The molecule has 1 atom stereocenters. The maximum absolute atomic E-state index is 13.7. The van der Waals surface area contributed by atoms with Crippen molar-refractivity contribution in [2.75, 3.05) is 17.2 Å². The van der Waals surface area contributed by atoms with Gasteiger partial charge < -0.3 is 4.90 Å². The van der Waals surface area contributed by atoms with Crippen molar-refractivity contribution in [1.82, 2.24) is 0 Å². The molecule has 1 heterocycles. The lowest BCUT2D eigenvalue weighted by Gasteiger charge is -2.17. The first-order valence-electron chi connectivity index (χ1n) is 5.44. The van der Waals surface area contributed by atoms with E-state index >= 15 is 0 Å². The number of anilines is 1. The quantitative estimate of drug-likeness (QED) is 0.783. The lowest BCUT2D eigenvalue weighted by molar-refractivity contribution is -0.117. The second-order valence-corrected chi connectivity index (χ2v) is 6.70. The molecule has 104 valence electrons. The van der Waals surface area contributed by atoms with E-state index in [1.165, 1.54) is 12.1 Å². The van der Waals surface area contributed by atoms with Crippen LogP contribution in [0.25, 0.3) is 0 Å². The third-order valence-corrected chi connectivity index (χ3v) is 4.20. The Morgan fingerprint density at radius 2 is 2.11 bits per heavy atom. The first-order valence-corrected chi connectivity index (χ1v) is 7.78. The summed E-state index contributed by atoms with van der Waals surface area (Å²) in [5.41, 5.74) is 0.0759. The smallest absolute Gasteiger partial charge is 0.302 e. The van der Waals surface area contributed by atoms with Crippen LogP contribution in [-0.4, -0.2) is 26.6 Å². The zero-order chi connectivity index (χ0) is 14.2. The molecule has 1 aromatic rings. The predicted molar refractivity (Wildman–Crippen MR) is 69.5 cm³/mol. The normalized spacial score (nSPS) is 20.1. The van der Waals surface area contributed by atoms with E-state index in [2.05, 4.69) is 15.9 Å². The van der Waals surface area contributed by atoms with Crippen LogP contribution >= 0.6 is 15.9 Å². The van der Waals surface area contributed by atoms with Gasteiger partial charge in [0.05, 0.1) is 11.4 Å². The third kappa shape index (κ3) is 3.50. The molecule has 8 heteroatoms. The fraction of sp³-hybridized carbons (Fsp3) is 0.364. The molecule has 1 unspecified atom stereocenters. The highest BCUT2D eigenvalue weighted by Crippen LogP contribution is 2.29. The largest absolute Gasteiger partial charge is 0.309 e. The summed E-state index contributed by atoms with van der Waals surface area (Å²) in [7, 11) is -4.63. The first kappa shape index (κ1) is 14.4. The molecule has 0 spiro atoms. The number of benzene rings is 1. The van der Waals surface area contributed by atoms with Gasteiger partial charge in [-0.3, -0.25) is 4.79 Å². The van der Waals surface area contributed by atoms with Gasteiger partial charge in [-0.25, -0.2) is 4.39 Å². The minimum absolute atomic E-state index is 0.000531. The molecule has 4 nitrogen and oxygen atoms in total. The summed E-state index contributed by atoms with van der Waals surface area (Å²) < 4.78 is 48.0. The van der Waals surface area contributed by atoms with Gasteiger partial charge in [0.15, 0.2) is 0 Å². The Hall–Kier alpha value is -1.02. The van der Waals surface area contributed by atoms with Crippen LogP contribution < -0.4 is 4.90 Å². The lowest BCUT2D eigenvalue weighted by atomic mass is 10.1. The number of carbonyl (C=O) groups is 1. The molecule has 2 rings (SSSR count). The summed E-state index contributed by atoms with van der Waals surface area (Å²) >= 11 is 3.10. The minimum Gasteiger partial charge on any atom is -0.309 e. The first-order chi connectivity index (χ1) is 8.76. The van der Waals surface area contributed by atoms with Gasteiger partial charge in [-0.2, -0.15) is 8.42 Å². The lowest BCUT2D eigenvalue weighted by Crippen LogP contribution is -2.26. The number of nitrogens with zero attached hydrogens (tertiary/aromatic N) is 1. The van der Waals surface area contributed by atoms with Gasteiger partial charge in [0.1, 0.15) is 5.82 Å². The molecule has 1 amide bonds. The van der Waals surface area contributed by atoms with Crippen molar-refractivity contribution in [2.45, 2.75) is 6.42 Å². The second-order valence-electron chi connectivity index (χ2n) is 4.38. The Kier molecular flexibility index (Phi) is 3.91. The molecule has 1 fully saturated rings. The summed E-state index contributed by atoms with van der Waals surface area (Å²) in [5.74, 6) is -2.36. The van der Waals surface area contributed by atoms with Crippen molar-refractivity contribution in [2.24, 2.45) is 5.92 Å². The van der Waals surface area contributed by atoms with E-state index in [4.69, 9.17) is 0 Å². The Morgan fingerprint density at radius 1 is 1.42 bits per heavy atom. The van der Waals surface area contributed by atoms with E-state index in [-0.39, 0.29) is 18.7 Å². The van der Waals surface area contributed by atoms with E-state index < -0.39 is 33.6 Å². The van der Waals surface area contributed by atoms with Crippen molar-refractivity contribution in [1.29, 1.82) is 0 Å². The molecule has 1 aliphatic heterocycles. The van der Waals surface area contributed by atoms with E-state index in [9.17, 15) is 21.5 Å². The Balaban J connectivity index is 2.20. The van der Waals surface area contributed by atoms with Crippen molar-refractivity contribution >= 4 is 37.7 Å². The average Bonchev–Trinajstić information content (AvgIpc) is 2.56. The monoisotopic (exact) mass is 353 g/mol. The highest BCUT2D eigenvalue weighted by atomic mass is 79.9. The highest BCUT2D eigenvalue weighted by Gasteiger charge is 2.34. The fourth-order valence-electron chi connectivity index (χ4n) is 2.11. The van der Waals surface area contributed by atoms with Crippen molar-refractivity contribution < 1.29 is 21.5 Å². The summed E-state index contributed by atoms with van der Waals surface area (Å²) in [6, 6.07) is 4.20. The van der Waals surface area contributed by atoms with E-state index in [0.29, 0.717) is 4.47 Å². The molecule has 0 aliphatic carbocycles. The van der Waals surface area contributed by atoms with E-state index in [0.717, 1.165) is 4.90 Å². The van der Waals surface area contributed by atoms with Crippen LogP contribution in [0, 0.1) is 11.7 Å². The third-order valence-electron chi connectivity index (χ3n) is 2.84. The predicted octanol–water partition coefficient (Wildman–Crippen LogP) is 2.24. The molecule has 1 aliphatic rings. The number of hydrogen-bond acceptors (Lipinski definition) is 3. The summed E-state index contributed by atoms with van der Waals surface area (Å²) in [4.78, 5) is 12.9. The van der Waals surface area contributed by atoms with E-state index in [1.807, 2.05) is 0 Å². The van der Waals surface area contributed by atoms with Gasteiger partial charge in [-0.1, -0.05) is 15.9 Å². The zero-order valence-electron chi connectivity index (χ0n) is 9.64. The van der Waals surface area contributed by atoms with Crippen LogP contribution in [-0.2, 0) is 15.0 Å². The number of carbonyl (C=O) groups excluding carboxylic acids is 1. The summed E-state index contributed by atoms with van der Waals surface area (Å²) in [5, 5.41) is 0. The molecular weight excluding hydrogens is 344 g/mol. The molecule has 0 radical (unpaired) electrons. The van der Waals surface area contributed by atoms with Crippen molar-refractivity contribution in [3.05, 3.63) is 28.5 Å². The van der Waals surface area contributed by atoms with Gasteiger partial charge >= 0.3 is 10.2 Å². The number of hydrogen-bond donors (Lipinski definition) is 0. The molecule has 1 saturated heterocycles. The number of halogens is 3. The zero-order valence-corrected chi connectivity index (χ0v) is 12.0. The van der Waals surface area contributed by atoms with Gasteiger partial charge in [0.25, 0.3) is 0 Å². The minimum atomic E-state index is -4.63. The molecule has 0 bridgehead atoms. The number of amides is 1. The summed E-state index contributed by atoms with van der Waals surface area (Å²) in [6.45, 7) is 0.000531. The molecular formula is C11H10BrF2NO3S. The highest BCUT2D eigenvalue weighted by molar-refractivity contribution is 9.10. The van der Waals surface area contributed by atoms with Gasteiger partial charge in [0, 0.05) is 23.4 Å². The maximum atomic E-state index is 13.7. The molecule has 19 heavy (non-hydrogen) atoms. The average molecular weight is 354 g/mol. The second kappa shape index (κ2) is 5.16. The topological polar surface area (TPSA) is 54.5 Å². The van der Waals surface area contributed by atoms with Crippen molar-refractivity contribution in [3.63, 3.8) is 0 Å². The van der Waals surface area contributed by atoms with Crippen LogP contribution in [0.1, 0.15) is 6.42 Å². The van der Waals surface area contributed by atoms with Gasteiger partial charge in [-0.05, 0) is 18.2 Å². The molecule has 0 N–H and O–H groups in total. The van der Waals surface area contributed by atoms with Crippen LogP contribution in [0.2, 0.25) is 0 Å². The van der Waals surface area contributed by atoms with Crippen LogP contribution in [0.5, 0.6) is 0 Å². The summed E-state index contributed by atoms with van der Waals surface area (Å²) in [6.07, 6.45) is -0.0986. The maximum Gasteiger partial charge on any atom is 0.302 e.